The highest BCUT2D eigenvalue weighted by Gasteiger charge is 2.45. The van der Waals surface area contributed by atoms with Crippen molar-refractivity contribution in [3.63, 3.8) is 0 Å². The van der Waals surface area contributed by atoms with Crippen LogP contribution >= 0.6 is 0 Å². The van der Waals surface area contributed by atoms with Gasteiger partial charge in [0.2, 0.25) is 0 Å². The summed E-state index contributed by atoms with van der Waals surface area (Å²) in [7, 11) is 0. The van der Waals surface area contributed by atoms with Crippen LogP contribution in [0, 0.1) is 11.8 Å². The number of amides is 1. The van der Waals surface area contributed by atoms with Crippen LogP contribution in [-0.2, 0) is 4.79 Å². The Morgan fingerprint density at radius 2 is 2.00 bits per heavy atom. The maximum absolute atomic E-state index is 12.1. The Balaban J connectivity index is 1.55. The van der Waals surface area contributed by atoms with Gasteiger partial charge in [0.05, 0.1) is 6.04 Å². The van der Waals surface area contributed by atoms with Gasteiger partial charge in [0.25, 0.3) is 5.91 Å². The topological polar surface area (TPSA) is 32.3 Å². The molecule has 2 aliphatic carbocycles. The molecule has 96 valence electrons. The zero-order valence-electron chi connectivity index (χ0n) is 10.8. The number of carbonyl (C=O) groups is 1. The third kappa shape index (κ3) is 2.22. The molecule has 0 aromatic rings. The van der Waals surface area contributed by atoms with Crippen molar-refractivity contribution < 1.29 is 4.79 Å². The standard InChI is InChI=1S/C14H24N2O/c1-2-11-5-3-4-6-13(11)16-14(17)12(15-16)9-10-7-8-10/h10-13,15H,2-9H2,1H3. The molecule has 0 radical (unpaired) electrons. The van der Waals surface area contributed by atoms with Crippen LogP contribution in [0.2, 0.25) is 0 Å². The van der Waals surface area contributed by atoms with Crippen LogP contribution in [0.25, 0.3) is 0 Å². The second-order valence-corrected chi connectivity index (χ2v) is 6.09. The molecule has 1 amide bonds. The number of hydrogen-bond acceptors (Lipinski definition) is 2. The number of carbonyl (C=O) groups excluding carboxylic acids is 1. The average Bonchev–Trinajstić information content (AvgIpc) is 3.17. The molecule has 0 aromatic heterocycles. The zero-order chi connectivity index (χ0) is 11.8. The summed E-state index contributed by atoms with van der Waals surface area (Å²) >= 11 is 0. The average molecular weight is 236 g/mol. The van der Waals surface area contributed by atoms with Crippen LogP contribution in [0.3, 0.4) is 0 Å². The highest BCUT2D eigenvalue weighted by Crippen LogP contribution is 2.37. The number of hydrogen-bond donors (Lipinski definition) is 1. The first-order valence-corrected chi connectivity index (χ1v) is 7.39. The molecule has 0 bridgehead atoms. The van der Waals surface area contributed by atoms with Crippen molar-refractivity contribution in [2.24, 2.45) is 11.8 Å². The van der Waals surface area contributed by atoms with Gasteiger partial charge in [-0.05, 0) is 31.1 Å². The van der Waals surface area contributed by atoms with Crippen molar-refractivity contribution in [2.45, 2.75) is 70.4 Å². The summed E-state index contributed by atoms with van der Waals surface area (Å²) in [5.74, 6) is 1.94. The molecule has 3 unspecified atom stereocenters. The molecule has 2 saturated carbocycles. The first-order valence-electron chi connectivity index (χ1n) is 7.39. The Morgan fingerprint density at radius 3 is 2.65 bits per heavy atom. The minimum Gasteiger partial charge on any atom is -0.272 e. The van der Waals surface area contributed by atoms with Crippen LogP contribution in [0.1, 0.15) is 58.3 Å². The number of nitrogens with zero attached hydrogens (tertiary/aromatic N) is 1. The molecule has 3 atom stereocenters. The van der Waals surface area contributed by atoms with E-state index in [9.17, 15) is 4.79 Å². The van der Waals surface area contributed by atoms with Crippen molar-refractivity contribution >= 4 is 5.91 Å². The monoisotopic (exact) mass is 236 g/mol. The SMILES string of the molecule is CCC1CCCCC1N1NC(CC2CC2)C1=O. The molecule has 3 rings (SSSR count). The van der Waals surface area contributed by atoms with E-state index in [4.69, 9.17) is 0 Å². The largest absolute Gasteiger partial charge is 0.272 e. The van der Waals surface area contributed by atoms with Crippen LogP contribution in [0.5, 0.6) is 0 Å². The van der Waals surface area contributed by atoms with Crippen molar-refractivity contribution in [3.8, 4) is 0 Å². The quantitative estimate of drug-likeness (QED) is 0.813. The van der Waals surface area contributed by atoms with E-state index in [2.05, 4.69) is 12.3 Å². The zero-order valence-corrected chi connectivity index (χ0v) is 10.8. The third-order valence-electron chi connectivity index (χ3n) is 4.82. The van der Waals surface area contributed by atoms with E-state index in [-0.39, 0.29) is 6.04 Å². The fourth-order valence-corrected chi connectivity index (χ4v) is 3.49. The summed E-state index contributed by atoms with van der Waals surface area (Å²) in [6.45, 7) is 2.26. The smallest absolute Gasteiger partial charge is 0.255 e. The summed E-state index contributed by atoms with van der Waals surface area (Å²) in [5, 5.41) is 1.97. The van der Waals surface area contributed by atoms with Gasteiger partial charge in [-0.15, -0.1) is 0 Å². The molecule has 1 saturated heterocycles. The van der Waals surface area contributed by atoms with Gasteiger partial charge in [0.1, 0.15) is 6.04 Å². The highest BCUT2D eigenvalue weighted by atomic mass is 16.2. The van der Waals surface area contributed by atoms with Gasteiger partial charge < -0.3 is 0 Å². The van der Waals surface area contributed by atoms with Crippen molar-refractivity contribution in [3.05, 3.63) is 0 Å². The molecule has 1 aliphatic heterocycles. The molecule has 1 N–H and O–H groups in total. The van der Waals surface area contributed by atoms with Crippen LogP contribution in [0.4, 0.5) is 0 Å². The van der Waals surface area contributed by atoms with E-state index in [0.717, 1.165) is 18.3 Å². The van der Waals surface area contributed by atoms with Gasteiger partial charge in [-0.2, -0.15) is 0 Å². The second-order valence-electron chi connectivity index (χ2n) is 6.09. The van der Waals surface area contributed by atoms with Crippen molar-refractivity contribution in [1.29, 1.82) is 0 Å². The molecular formula is C14H24N2O. The van der Waals surface area contributed by atoms with E-state index >= 15 is 0 Å². The summed E-state index contributed by atoms with van der Waals surface area (Å²) < 4.78 is 0. The normalized spacial score (nSPS) is 38.1. The second kappa shape index (κ2) is 4.60. The lowest BCUT2D eigenvalue weighted by molar-refractivity contribution is -0.161. The van der Waals surface area contributed by atoms with Gasteiger partial charge in [-0.3, -0.25) is 9.80 Å². The van der Waals surface area contributed by atoms with E-state index in [0.29, 0.717) is 11.9 Å². The molecular weight excluding hydrogens is 212 g/mol. The predicted molar refractivity (Wildman–Crippen MR) is 67.1 cm³/mol. The van der Waals surface area contributed by atoms with Gasteiger partial charge in [-0.1, -0.05) is 39.0 Å². The fraction of sp³-hybridized carbons (Fsp3) is 0.929. The van der Waals surface area contributed by atoms with E-state index < -0.39 is 0 Å². The molecule has 0 spiro atoms. The van der Waals surface area contributed by atoms with Gasteiger partial charge in [0, 0.05) is 0 Å². The summed E-state index contributed by atoms with van der Waals surface area (Å²) in [6, 6.07) is 0.638. The van der Waals surface area contributed by atoms with E-state index in [1.807, 2.05) is 5.01 Å². The third-order valence-corrected chi connectivity index (χ3v) is 4.82. The summed E-state index contributed by atoms with van der Waals surface area (Å²) in [5.41, 5.74) is 3.42. The molecule has 3 nitrogen and oxygen atoms in total. The van der Waals surface area contributed by atoms with Crippen molar-refractivity contribution in [2.75, 3.05) is 0 Å². The first-order chi connectivity index (χ1) is 8.29. The van der Waals surface area contributed by atoms with Gasteiger partial charge in [0.15, 0.2) is 0 Å². The fourth-order valence-electron chi connectivity index (χ4n) is 3.49. The lowest BCUT2D eigenvalue weighted by Gasteiger charge is -2.48. The lowest BCUT2D eigenvalue weighted by Crippen LogP contribution is -2.71. The minimum absolute atomic E-state index is 0.155. The van der Waals surface area contributed by atoms with Crippen LogP contribution in [-0.4, -0.2) is 23.0 Å². The molecule has 3 heteroatoms. The van der Waals surface area contributed by atoms with Gasteiger partial charge in [-0.25, -0.2) is 5.43 Å². The van der Waals surface area contributed by atoms with Gasteiger partial charge >= 0.3 is 0 Å². The number of hydrazine groups is 1. The minimum atomic E-state index is 0.155. The molecule has 3 aliphatic rings. The predicted octanol–water partition coefficient (Wildman–Crippen LogP) is 2.47. The van der Waals surface area contributed by atoms with Crippen LogP contribution < -0.4 is 5.43 Å². The van der Waals surface area contributed by atoms with Crippen molar-refractivity contribution in [1.82, 2.24) is 10.4 Å². The summed E-state index contributed by atoms with van der Waals surface area (Å²) in [4.78, 5) is 12.1. The lowest BCUT2D eigenvalue weighted by atomic mass is 9.81. The Morgan fingerprint density at radius 1 is 1.24 bits per heavy atom. The molecule has 1 heterocycles. The first kappa shape index (κ1) is 11.5. The maximum atomic E-state index is 12.1. The van der Waals surface area contributed by atoms with Crippen LogP contribution in [0.15, 0.2) is 0 Å². The summed E-state index contributed by atoms with van der Waals surface area (Å²) in [6.07, 6.45) is 10.1. The van der Waals surface area contributed by atoms with E-state index in [1.54, 1.807) is 0 Å². The Labute approximate surface area is 104 Å². The molecule has 17 heavy (non-hydrogen) atoms. The number of rotatable bonds is 4. The molecule has 3 fully saturated rings. The van der Waals surface area contributed by atoms with E-state index in [1.165, 1.54) is 44.9 Å². The highest BCUT2D eigenvalue weighted by molar-refractivity contribution is 5.86. The molecule has 0 aromatic carbocycles. The Hall–Kier alpha value is -0.570. The number of nitrogens with one attached hydrogen (secondary N) is 1. The Kier molecular flexibility index (Phi) is 3.12. The maximum Gasteiger partial charge on any atom is 0.255 e. The Bertz CT molecular complexity index is 301.